The highest BCUT2D eigenvalue weighted by molar-refractivity contribution is 7.88. The molecule has 1 aromatic carbocycles. The summed E-state index contributed by atoms with van der Waals surface area (Å²) in [6.45, 7) is -0.105. The molecule has 0 heterocycles. The Kier molecular flexibility index (Phi) is 4.78. The van der Waals surface area contributed by atoms with Crippen molar-refractivity contribution in [3.63, 3.8) is 0 Å². The van der Waals surface area contributed by atoms with Gasteiger partial charge in [0, 0.05) is 13.1 Å². The number of carbonyl (C=O) groups is 1. The molecule has 0 saturated carbocycles. The standard InChI is InChI=1S/C10H12F2N2O4S/c1-19(17,18)14-3-2-13-9-7(11)4-6(10(15)16)5-8(9)12/h4-5,13-14H,2-3H2,1H3,(H,15,16). The highest BCUT2D eigenvalue weighted by atomic mass is 32.2. The van der Waals surface area contributed by atoms with E-state index in [0.717, 1.165) is 6.26 Å². The van der Waals surface area contributed by atoms with Gasteiger partial charge in [0.05, 0.1) is 11.8 Å². The summed E-state index contributed by atoms with van der Waals surface area (Å²) in [7, 11) is -3.37. The molecule has 19 heavy (non-hydrogen) atoms. The van der Waals surface area contributed by atoms with Crippen LogP contribution in [-0.2, 0) is 10.0 Å². The van der Waals surface area contributed by atoms with Crippen LogP contribution in [0.15, 0.2) is 12.1 Å². The second kappa shape index (κ2) is 5.93. The molecule has 0 unspecified atom stereocenters. The quantitative estimate of drug-likeness (QED) is 0.669. The van der Waals surface area contributed by atoms with Crippen LogP contribution in [0.25, 0.3) is 0 Å². The van der Waals surface area contributed by atoms with E-state index in [2.05, 4.69) is 10.0 Å². The Bertz CT molecular complexity index is 566. The van der Waals surface area contributed by atoms with Crippen LogP contribution in [0.2, 0.25) is 0 Å². The SMILES string of the molecule is CS(=O)(=O)NCCNc1c(F)cc(C(=O)O)cc1F. The van der Waals surface area contributed by atoms with E-state index in [4.69, 9.17) is 5.11 Å². The summed E-state index contributed by atoms with van der Waals surface area (Å²) in [5, 5.41) is 10.9. The molecule has 0 fully saturated rings. The Hall–Kier alpha value is -1.74. The molecule has 106 valence electrons. The fourth-order valence-electron chi connectivity index (χ4n) is 1.29. The number of hydrogen-bond acceptors (Lipinski definition) is 4. The van der Waals surface area contributed by atoms with Gasteiger partial charge in [-0.15, -0.1) is 0 Å². The number of halogens is 2. The van der Waals surface area contributed by atoms with E-state index in [-0.39, 0.29) is 13.1 Å². The molecular formula is C10H12F2N2O4S. The number of sulfonamides is 1. The molecule has 1 aromatic rings. The average molecular weight is 294 g/mol. The summed E-state index contributed by atoms with van der Waals surface area (Å²) in [5.41, 5.74) is -1.00. The monoisotopic (exact) mass is 294 g/mol. The minimum atomic E-state index is -3.37. The molecule has 0 amide bonds. The van der Waals surface area contributed by atoms with Gasteiger partial charge in [-0.3, -0.25) is 0 Å². The maximum Gasteiger partial charge on any atom is 0.335 e. The first-order valence-corrected chi connectivity index (χ1v) is 7.00. The predicted molar refractivity (Wildman–Crippen MR) is 64.7 cm³/mol. The van der Waals surface area contributed by atoms with Crippen LogP contribution in [0.1, 0.15) is 10.4 Å². The Balaban J connectivity index is 2.72. The molecule has 0 atom stereocenters. The van der Waals surface area contributed by atoms with Crippen molar-refractivity contribution in [3.8, 4) is 0 Å². The van der Waals surface area contributed by atoms with Gasteiger partial charge in [-0.1, -0.05) is 0 Å². The van der Waals surface area contributed by atoms with E-state index in [9.17, 15) is 22.0 Å². The molecule has 0 aliphatic carbocycles. The van der Waals surface area contributed by atoms with Gasteiger partial charge in [-0.25, -0.2) is 26.7 Å². The number of rotatable bonds is 6. The summed E-state index contributed by atoms with van der Waals surface area (Å²) >= 11 is 0. The molecule has 0 saturated heterocycles. The molecule has 6 nitrogen and oxygen atoms in total. The zero-order chi connectivity index (χ0) is 14.6. The maximum atomic E-state index is 13.4. The van der Waals surface area contributed by atoms with Crippen molar-refractivity contribution in [3.05, 3.63) is 29.3 Å². The summed E-state index contributed by atoms with van der Waals surface area (Å²) < 4.78 is 50.5. The molecule has 0 bridgehead atoms. The van der Waals surface area contributed by atoms with E-state index in [1.54, 1.807) is 0 Å². The molecule has 3 N–H and O–H groups in total. The van der Waals surface area contributed by atoms with E-state index in [1.165, 1.54) is 0 Å². The van der Waals surface area contributed by atoms with Crippen LogP contribution < -0.4 is 10.0 Å². The van der Waals surface area contributed by atoms with Crippen molar-refractivity contribution in [1.82, 2.24) is 4.72 Å². The lowest BCUT2D eigenvalue weighted by Crippen LogP contribution is -2.28. The van der Waals surface area contributed by atoms with Gasteiger partial charge >= 0.3 is 5.97 Å². The van der Waals surface area contributed by atoms with Gasteiger partial charge in [-0.05, 0) is 12.1 Å². The average Bonchev–Trinajstić information content (AvgIpc) is 2.25. The minimum absolute atomic E-state index is 0.0483. The summed E-state index contributed by atoms with van der Waals surface area (Å²) in [6.07, 6.45) is 0.954. The van der Waals surface area contributed by atoms with Gasteiger partial charge in [-0.2, -0.15) is 0 Å². The van der Waals surface area contributed by atoms with Crippen LogP contribution >= 0.6 is 0 Å². The highest BCUT2D eigenvalue weighted by Crippen LogP contribution is 2.20. The lowest BCUT2D eigenvalue weighted by molar-refractivity contribution is 0.0695. The molecule has 1 rings (SSSR count). The summed E-state index contributed by atoms with van der Waals surface area (Å²) in [6, 6.07) is 1.36. The Labute approximate surface area is 108 Å². The fourth-order valence-corrected chi connectivity index (χ4v) is 1.76. The van der Waals surface area contributed by atoms with Crippen LogP contribution in [0.4, 0.5) is 14.5 Å². The molecule has 0 radical (unpaired) electrons. The van der Waals surface area contributed by atoms with E-state index in [1.807, 2.05) is 0 Å². The van der Waals surface area contributed by atoms with Crippen LogP contribution in [0.3, 0.4) is 0 Å². The molecule has 0 spiro atoms. The van der Waals surface area contributed by atoms with Crippen molar-refractivity contribution in [2.45, 2.75) is 0 Å². The number of benzene rings is 1. The van der Waals surface area contributed by atoms with Gasteiger partial charge in [0.2, 0.25) is 10.0 Å². The number of anilines is 1. The van der Waals surface area contributed by atoms with Crippen LogP contribution in [0.5, 0.6) is 0 Å². The van der Waals surface area contributed by atoms with Gasteiger partial charge in [0.1, 0.15) is 17.3 Å². The normalized spacial score (nSPS) is 11.3. The summed E-state index contributed by atoms with van der Waals surface area (Å²) in [5.74, 6) is -3.56. The topological polar surface area (TPSA) is 95.5 Å². The Morgan fingerprint density at radius 3 is 2.21 bits per heavy atom. The molecule has 0 aliphatic heterocycles. The zero-order valence-electron chi connectivity index (χ0n) is 9.91. The first-order valence-electron chi connectivity index (χ1n) is 5.11. The fraction of sp³-hybridized carbons (Fsp3) is 0.300. The van der Waals surface area contributed by atoms with Crippen molar-refractivity contribution in [1.29, 1.82) is 0 Å². The molecule has 9 heteroatoms. The highest BCUT2D eigenvalue weighted by Gasteiger charge is 2.14. The number of nitrogens with one attached hydrogen (secondary N) is 2. The van der Waals surface area contributed by atoms with Gasteiger partial charge in [0.25, 0.3) is 0 Å². The predicted octanol–water partition coefficient (Wildman–Crippen LogP) is 0.624. The van der Waals surface area contributed by atoms with Crippen molar-refractivity contribution < 1.29 is 27.1 Å². The lowest BCUT2D eigenvalue weighted by atomic mass is 10.2. The number of carboxylic acids is 1. The smallest absolute Gasteiger partial charge is 0.335 e. The largest absolute Gasteiger partial charge is 0.478 e. The number of hydrogen-bond donors (Lipinski definition) is 3. The van der Waals surface area contributed by atoms with E-state index in [0.29, 0.717) is 12.1 Å². The number of carboxylic acid groups (broad SMARTS) is 1. The third-order valence-electron chi connectivity index (χ3n) is 2.08. The molecule has 0 aliphatic rings. The minimum Gasteiger partial charge on any atom is -0.478 e. The lowest BCUT2D eigenvalue weighted by Gasteiger charge is -2.09. The van der Waals surface area contributed by atoms with Crippen molar-refractivity contribution in [2.75, 3.05) is 24.7 Å². The first kappa shape index (κ1) is 15.3. The van der Waals surface area contributed by atoms with Gasteiger partial charge in [0.15, 0.2) is 0 Å². The maximum absolute atomic E-state index is 13.4. The molecule has 0 aromatic heterocycles. The van der Waals surface area contributed by atoms with Crippen LogP contribution in [-0.4, -0.2) is 38.8 Å². The number of aromatic carboxylic acids is 1. The third-order valence-corrected chi connectivity index (χ3v) is 2.81. The Morgan fingerprint density at radius 1 is 1.26 bits per heavy atom. The zero-order valence-corrected chi connectivity index (χ0v) is 10.7. The second-order valence-electron chi connectivity index (χ2n) is 3.71. The third kappa shape index (κ3) is 4.79. The van der Waals surface area contributed by atoms with Crippen molar-refractivity contribution >= 4 is 21.7 Å². The van der Waals surface area contributed by atoms with Crippen LogP contribution in [0, 0.1) is 11.6 Å². The summed E-state index contributed by atoms with van der Waals surface area (Å²) in [4.78, 5) is 10.6. The van der Waals surface area contributed by atoms with Gasteiger partial charge < -0.3 is 10.4 Å². The second-order valence-corrected chi connectivity index (χ2v) is 5.55. The first-order chi connectivity index (χ1) is 8.70. The molecular weight excluding hydrogens is 282 g/mol. The Morgan fingerprint density at radius 2 is 1.79 bits per heavy atom. The van der Waals surface area contributed by atoms with Crippen molar-refractivity contribution in [2.24, 2.45) is 0 Å². The van der Waals surface area contributed by atoms with E-state index < -0.39 is 38.9 Å². The van der Waals surface area contributed by atoms with E-state index >= 15 is 0 Å².